The first-order chi connectivity index (χ1) is 58.7. The zero-order valence-electron chi connectivity index (χ0n) is 69.5. The highest BCUT2D eigenvalue weighted by molar-refractivity contribution is 6.01. The number of carbonyl (C=O) groups is 14. The van der Waals surface area contributed by atoms with Gasteiger partial charge in [0, 0.05) is 77.3 Å². The van der Waals surface area contributed by atoms with Gasteiger partial charge in [-0.2, -0.15) is 13.2 Å². The summed E-state index contributed by atoms with van der Waals surface area (Å²) in [6, 6.07) is 8.84. The zero-order valence-corrected chi connectivity index (χ0v) is 69.5. The first kappa shape index (κ1) is 95.0. The molecule has 20 N–H and O–H groups in total. The minimum Gasteiger partial charge on any atom is -0.481 e. The molecule has 4 heterocycles. The Morgan fingerprint density at radius 2 is 1.00 bits per heavy atom. The average Bonchev–Trinajstić information content (AvgIpc) is 1.77. The number of guanidine groups is 1. The highest BCUT2D eigenvalue weighted by Crippen LogP contribution is 2.38. The van der Waals surface area contributed by atoms with Crippen LogP contribution in [0.1, 0.15) is 139 Å². The molecule has 4 aliphatic heterocycles. The summed E-state index contributed by atoms with van der Waals surface area (Å²) in [5.41, 5.74) is 18.2. The molecule has 12 atom stereocenters. The number of hydrogen-bond acceptors (Lipinski definition) is 19. The van der Waals surface area contributed by atoms with Gasteiger partial charge in [0.1, 0.15) is 72.5 Å². The first-order valence-corrected chi connectivity index (χ1v) is 42.1. The molecule has 0 spiro atoms. The molecule has 0 bridgehead atoms. The van der Waals surface area contributed by atoms with Gasteiger partial charge in [0.15, 0.2) is 5.96 Å². The van der Waals surface area contributed by atoms with Crippen LogP contribution in [0.2, 0.25) is 0 Å². The lowest BCUT2D eigenvalue weighted by molar-refractivity contribution is -0.145. The van der Waals surface area contributed by atoms with E-state index < -0.39 is 186 Å². The first-order valence-electron chi connectivity index (χ1n) is 42.1. The van der Waals surface area contributed by atoms with E-state index in [1.54, 1.807) is 68.4 Å². The van der Waals surface area contributed by atoms with Gasteiger partial charge in [-0.3, -0.25) is 77.4 Å². The van der Waals surface area contributed by atoms with E-state index in [4.69, 9.17) is 22.6 Å². The quantitative estimate of drug-likeness (QED) is 0.0121. The van der Waals surface area contributed by atoms with Crippen molar-refractivity contribution in [2.75, 3.05) is 71.2 Å². The maximum absolute atomic E-state index is 15.3. The van der Waals surface area contributed by atoms with Gasteiger partial charge in [-0.15, -0.1) is 0 Å². The third kappa shape index (κ3) is 27.6. The maximum atomic E-state index is 15.3. The average molecular weight is 1720 g/mol. The summed E-state index contributed by atoms with van der Waals surface area (Å²) >= 11 is 0. The number of nitrogen functional groups attached to an aromatic ring is 1. The number of nitrogens with zero attached hydrogens (tertiary/aromatic N) is 4. The van der Waals surface area contributed by atoms with E-state index in [0.717, 1.165) is 17.4 Å². The second-order valence-electron chi connectivity index (χ2n) is 32.6. The Kier molecular flexibility index (Phi) is 35.1. The number of hydrogen-bond donors (Lipinski definition) is 17. The fourth-order valence-electron chi connectivity index (χ4n) is 16.4. The van der Waals surface area contributed by atoms with Gasteiger partial charge in [-0.05, 0) is 135 Å². The number of amides is 13. The molecular weight excluding hydrogens is 1600 g/mol. The standard InChI is InChI=1S/C85H116F3N19O16/c1-49(2)42-60(98-75(115)61(44-53-28-32-56(89)33-29-53)96-69(109)47-104-40-35-93-36-41-104)74(114)95-50(3)73(113)101-64(45-52-26-30-54(31-27-52)57-20-10-11-21-58(57)85(86,87)88)82(122)106-38-14-24-67(106)79(119)100-63(46-70(110)111)77(117)102-65(48-108)78(118)103-71(55-18-8-5-9-19-55)83(123)107-39-15-25-68(107)80(120)99-62(43-51-16-6-4-7-17-51)76(116)97-59(22-12-34-94-84(91)92)81(121)105-37-13-23-66(105)72(90)112/h4,6-7,10-11,16-17,20-21,26-33,49-50,55,59-68,71,93,108H,5,8-9,12-15,18-19,22-25,34-48,89H2,1-3H3,(H2,90,112)(H,95,114)(H,96,109)(H,97,116)(H,98,115)(H,99,120)(H,100,119)(H,101,113)(H,102,117)(H,103,118)(H,110,111)(H4,91,92,94)/t50-,59-,60-,61-,62-,63-,64-,65-,66-,67-,68-,71-/m0/s1. The van der Waals surface area contributed by atoms with Crippen molar-refractivity contribution in [3.05, 3.63) is 125 Å². The number of aliphatic hydroxyl groups excluding tert-OH is 1. The number of alkyl halides is 3. The molecule has 35 nitrogen and oxygen atoms in total. The Morgan fingerprint density at radius 1 is 0.512 bits per heavy atom. The molecule has 123 heavy (non-hydrogen) atoms. The number of carboxylic acid groups (broad SMARTS) is 1. The topological polar surface area (TPSA) is 527 Å². The lowest BCUT2D eigenvalue weighted by Crippen LogP contribution is -2.62. The molecule has 13 amide bonds. The van der Waals surface area contributed by atoms with Crippen LogP contribution in [0.25, 0.3) is 11.1 Å². The van der Waals surface area contributed by atoms with Gasteiger partial charge in [0.2, 0.25) is 76.8 Å². The molecule has 5 fully saturated rings. The number of halogens is 3. The van der Waals surface area contributed by atoms with Gasteiger partial charge < -0.3 is 101 Å². The third-order valence-corrected chi connectivity index (χ3v) is 22.9. The number of nitrogens with one attached hydrogen (secondary N) is 12. The van der Waals surface area contributed by atoms with Crippen LogP contribution in [-0.4, -0.2) is 257 Å². The monoisotopic (exact) mass is 1720 g/mol. The Hall–Kier alpha value is -11.8. The number of anilines is 1. The summed E-state index contributed by atoms with van der Waals surface area (Å²) in [5.74, 6) is -13.5. The maximum Gasteiger partial charge on any atom is 0.417 e. The molecule has 0 aromatic heterocycles. The minimum atomic E-state index is -4.73. The van der Waals surface area contributed by atoms with E-state index in [1.807, 2.05) is 4.90 Å². The van der Waals surface area contributed by atoms with E-state index in [9.17, 15) is 80.9 Å². The molecule has 4 saturated heterocycles. The molecule has 0 radical (unpaired) electrons. The number of aliphatic carboxylic acids is 1. The Bertz CT molecular complexity index is 4380. The summed E-state index contributed by atoms with van der Waals surface area (Å²) in [6.45, 7) is 6.49. The minimum absolute atomic E-state index is 0.00266. The molecule has 5 aliphatic rings. The molecule has 4 aromatic carbocycles. The van der Waals surface area contributed by atoms with Crippen molar-refractivity contribution in [2.45, 2.75) is 215 Å². The zero-order chi connectivity index (χ0) is 89.2. The number of benzene rings is 4. The van der Waals surface area contributed by atoms with Crippen LogP contribution >= 0.6 is 0 Å². The predicted octanol–water partition coefficient (Wildman–Crippen LogP) is 0.0858. The van der Waals surface area contributed by atoms with Crippen molar-refractivity contribution in [2.24, 2.45) is 23.3 Å². The van der Waals surface area contributed by atoms with Gasteiger partial charge in [0.25, 0.3) is 0 Å². The Labute approximate surface area is 711 Å². The summed E-state index contributed by atoms with van der Waals surface area (Å²) in [6.07, 6.45) is -1.83. The fraction of sp³-hybridized carbons (Fsp3) is 0.541. The molecule has 0 unspecified atom stereocenters. The second-order valence-corrected chi connectivity index (χ2v) is 32.6. The van der Waals surface area contributed by atoms with E-state index in [-0.39, 0.29) is 114 Å². The van der Waals surface area contributed by atoms with Gasteiger partial charge in [-0.25, -0.2) is 0 Å². The smallest absolute Gasteiger partial charge is 0.417 e. The lowest BCUT2D eigenvalue weighted by Gasteiger charge is -2.35. The molecule has 9 rings (SSSR count). The molecule has 38 heteroatoms. The number of nitrogens with two attached hydrogens (primary N) is 3. The number of carboxylic acids is 1. The number of piperazine rings is 1. The van der Waals surface area contributed by atoms with Gasteiger partial charge in [-0.1, -0.05) is 118 Å². The Balaban J connectivity index is 0.896. The molecule has 4 aromatic rings. The van der Waals surface area contributed by atoms with Crippen LogP contribution in [0.5, 0.6) is 0 Å². The molecule has 668 valence electrons. The van der Waals surface area contributed by atoms with Crippen molar-refractivity contribution in [3.8, 4) is 11.1 Å². The van der Waals surface area contributed by atoms with Gasteiger partial charge in [0.05, 0.1) is 25.1 Å². The fourth-order valence-corrected chi connectivity index (χ4v) is 16.4. The molecule has 1 saturated carbocycles. The van der Waals surface area contributed by atoms with Crippen LogP contribution < -0.4 is 75.7 Å². The van der Waals surface area contributed by atoms with Crippen LogP contribution in [0.4, 0.5) is 18.9 Å². The SMILES string of the molecule is CC(C)C[C@H](NC(=O)[C@H](Cc1ccc(N)cc1)NC(=O)CN1CCNCC1)C(=O)N[C@@H](C)C(=O)N[C@@H](Cc1ccc(-c2ccccc2C(F)(F)F)cc1)C(=O)N1CCC[C@H]1C(=O)N[C@@H](CC(=O)O)C(=O)N[C@@H](CO)C(=O)N[C@H](C(=O)N1CCC[C@H]1C(=O)N[C@@H](Cc1ccccc1)C(=O)N[C@@H](CCCNC(=N)N)C(=O)N1CCC[C@H]1C(N)=O)C1CCCCC1. The number of carbonyl (C=O) groups excluding carboxylic acids is 13. The van der Waals surface area contributed by atoms with Crippen molar-refractivity contribution in [1.82, 2.24) is 78.1 Å². The number of aliphatic hydroxyl groups is 1. The van der Waals surface area contributed by atoms with Gasteiger partial charge >= 0.3 is 12.1 Å². The van der Waals surface area contributed by atoms with Crippen molar-refractivity contribution < 1.29 is 90.5 Å². The van der Waals surface area contributed by atoms with E-state index in [0.29, 0.717) is 93.5 Å². The van der Waals surface area contributed by atoms with E-state index in [1.165, 1.54) is 59.2 Å². The normalized spacial score (nSPS) is 19.1. The highest BCUT2D eigenvalue weighted by Gasteiger charge is 2.46. The van der Waals surface area contributed by atoms with Crippen molar-refractivity contribution in [1.29, 1.82) is 5.41 Å². The number of likely N-dealkylation sites (tertiary alicyclic amines) is 3. The lowest BCUT2D eigenvalue weighted by atomic mass is 9.83. The summed E-state index contributed by atoms with van der Waals surface area (Å²) in [7, 11) is 0. The summed E-state index contributed by atoms with van der Waals surface area (Å²) in [4.78, 5) is 206. The summed E-state index contributed by atoms with van der Waals surface area (Å²) < 4.78 is 42.8. The molecular formula is C85H116F3N19O16. The largest absolute Gasteiger partial charge is 0.481 e. The highest BCUT2D eigenvalue weighted by atomic mass is 19.4. The summed E-state index contributed by atoms with van der Waals surface area (Å²) in [5, 5.41) is 58.5. The molecule has 1 aliphatic carbocycles. The predicted molar refractivity (Wildman–Crippen MR) is 446 cm³/mol. The third-order valence-electron chi connectivity index (χ3n) is 22.9. The van der Waals surface area contributed by atoms with Crippen molar-refractivity contribution in [3.63, 3.8) is 0 Å². The van der Waals surface area contributed by atoms with Crippen molar-refractivity contribution >= 4 is 94.4 Å². The van der Waals surface area contributed by atoms with Crippen LogP contribution in [-0.2, 0) is 92.6 Å². The number of rotatable bonds is 40. The second kappa shape index (κ2) is 45.4. The van der Waals surface area contributed by atoms with Crippen LogP contribution in [0.3, 0.4) is 0 Å². The van der Waals surface area contributed by atoms with E-state index >= 15 is 9.59 Å². The number of primary amides is 1. The van der Waals surface area contributed by atoms with E-state index in [2.05, 4.69) is 58.5 Å². The van der Waals surface area contributed by atoms with Crippen LogP contribution in [0, 0.1) is 17.2 Å². The van der Waals surface area contributed by atoms with Crippen LogP contribution in [0.15, 0.2) is 103 Å². The Morgan fingerprint density at radius 3 is 1.58 bits per heavy atom.